The predicted octanol–water partition coefficient (Wildman–Crippen LogP) is 4.25. The first kappa shape index (κ1) is 22.3. The maximum atomic E-state index is 12.0. The summed E-state index contributed by atoms with van der Waals surface area (Å²) >= 11 is 0. The molecule has 1 fully saturated rings. The summed E-state index contributed by atoms with van der Waals surface area (Å²) in [5, 5.41) is 1.88. The van der Waals surface area contributed by atoms with Gasteiger partial charge in [0.15, 0.2) is 5.65 Å². The number of rotatable bonds is 7. The Morgan fingerprint density at radius 3 is 2.69 bits per heavy atom. The van der Waals surface area contributed by atoms with Gasteiger partial charge in [-0.3, -0.25) is 9.90 Å². The van der Waals surface area contributed by atoms with Gasteiger partial charge in [-0.2, -0.15) is 0 Å². The van der Waals surface area contributed by atoms with Crippen molar-refractivity contribution in [3.63, 3.8) is 0 Å². The number of carbonyl (C=O) groups excluding carboxylic acids is 1. The summed E-state index contributed by atoms with van der Waals surface area (Å²) in [4.78, 5) is 29.3. The van der Waals surface area contributed by atoms with E-state index in [1.165, 1.54) is 0 Å². The largest absolute Gasteiger partial charge is 0.448 e. The van der Waals surface area contributed by atoms with Gasteiger partial charge < -0.3 is 14.2 Å². The van der Waals surface area contributed by atoms with Crippen LogP contribution in [0, 0.1) is 19.8 Å². The summed E-state index contributed by atoms with van der Waals surface area (Å²) < 4.78 is 7.27. The number of ether oxygens (including phenoxy) is 1. The second kappa shape index (κ2) is 8.94. The average molecular weight is 440 g/mol. The van der Waals surface area contributed by atoms with Crippen molar-refractivity contribution >= 4 is 22.8 Å². The van der Waals surface area contributed by atoms with Gasteiger partial charge in [0, 0.05) is 24.5 Å². The summed E-state index contributed by atoms with van der Waals surface area (Å²) in [5.74, 6) is 0.425. The van der Waals surface area contributed by atoms with E-state index < -0.39 is 0 Å². The lowest BCUT2D eigenvalue weighted by Gasteiger charge is -2.32. The van der Waals surface area contributed by atoms with Gasteiger partial charge in [0.2, 0.25) is 0 Å². The maximum Gasteiger partial charge on any atom is 0.410 e. The number of allylic oxidation sites excluding steroid dienone is 2. The highest BCUT2D eigenvalue weighted by Gasteiger charge is 2.27. The van der Waals surface area contributed by atoms with E-state index in [1.54, 1.807) is 12.0 Å². The normalized spacial score (nSPS) is 19.8. The minimum Gasteiger partial charge on any atom is -0.448 e. The van der Waals surface area contributed by atoms with E-state index in [4.69, 9.17) is 19.5 Å². The fraction of sp³-hybridized carbons (Fsp3) is 0.542. The van der Waals surface area contributed by atoms with Gasteiger partial charge in [-0.1, -0.05) is 32.9 Å². The summed E-state index contributed by atoms with van der Waals surface area (Å²) in [6, 6.07) is 0.298. The highest BCUT2D eigenvalue weighted by Crippen LogP contribution is 2.30. The van der Waals surface area contributed by atoms with Crippen molar-refractivity contribution in [2.45, 2.75) is 53.1 Å². The molecule has 0 radical (unpaired) electrons. The maximum absolute atomic E-state index is 12.0. The lowest BCUT2D eigenvalue weighted by molar-refractivity contribution is -0.117. The molecule has 2 aliphatic rings. The Bertz CT molecular complexity index is 1070. The summed E-state index contributed by atoms with van der Waals surface area (Å²) in [7, 11) is 1.69. The van der Waals surface area contributed by atoms with Gasteiger partial charge in [0.1, 0.15) is 12.1 Å². The van der Waals surface area contributed by atoms with E-state index in [-0.39, 0.29) is 18.2 Å². The van der Waals surface area contributed by atoms with Gasteiger partial charge in [-0.25, -0.2) is 14.8 Å². The quantitative estimate of drug-likeness (QED) is 0.642. The van der Waals surface area contributed by atoms with Crippen LogP contribution in [-0.4, -0.2) is 63.4 Å². The molecule has 2 aromatic rings. The first-order valence-corrected chi connectivity index (χ1v) is 11.3. The highest BCUT2D eigenvalue weighted by atomic mass is 16.7. The molecule has 2 aliphatic heterocycles. The van der Waals surface area contributed by atoms with Gasteiger partial charge in [-0.15, -0.1) is 0 Å². The molecular weight excluding hydrogens is 406 g/mol. The van der Waals surface area contributed by atoms with Crippen molar-refractivity contribution in [2.24, 2.45) is 5.92 Å². The standard InChI is InChI=1S/C24H33N5O3/c1-7-19(14-27-10-11-32-24(27)30)28-12-16(4)21-23(28)25-17(5)22(26-21)18-8-9-20(15(2)3)29(13-18)31-6/h8-9,12-13,15,19-20H,7,10-11,14H2,1-6H3/t19?,20-/m1/s1. The van der Waals surface area contributed by atoms with Crippen molar-refractivity contribution in [3.05, 3.63) is 41.5 Å². The fourth-order valence-electron chi connectivity index (χ4n) is 4.48. The third-order valence-electron chi connectivity index (χ3n) is 6.34. The van der Waals surface area contributed by atoms with E-state index >= 15 is 0 Å². The van der Waals surface area contributed by atoms with Crippen LogP contribution in [0.5, 0.6) is 0 Å². The fourth-order valence-corrected chi connectivity index (χ4v) is 4.48. The molecule has 0 aromatic carbocycles. The molecule has 8 heteroatoms. The van der Waals surface area contributed by atoms with Crippen LogP contribution >= 0.6 is 0 Å². The molecule has 0 spiro atoms. The smallest absolute Gasteiger partial charge is 0.410 e. The molecule has 1 amide bonds. The molecule has 1 unspecified atom stereocenters. The number of nitrogens with zero attached hydrogens (tertiary/aromatic N) is 5. The number of aromatic nitrogens is 3. The molecule has 0 saturated carbocycles. The van der Waals surface area contributed by atoms with Crippen LogP contribution in [0.4, 0.5) is 4.79 Å². The Kier molecular flexibility index (Phi) is 6.24. The van der Waals surface area contributed by atoms with Crippen LogP contribution in [0.3, 0.4) is 0 Å². The summed E-state index contributed by atoms with van der Waals surface area (Å²) in [5.41, 5.74) is 5.51. The SMILES string of the molecule is CCC(CN1CCOC1=O)n1cc(C)c2nc(C3=CN(OC)[C@@H](C(C)C)C=C3)c(C)nc21. The van der Waals surface area contributed by atoms with Crippen LogP contribution in [-0.2, 0) is 9.57 Å². The number of cyclic esters (lactones) is 1. The van der Waals surface area contributed by atoms with Crippen molar-refractivity contribution in [3.8, 4) is 0 Å². The molecule has 0 bridgehead atoms. The molecule has 172 valence electrons. The zero-order valence-corrected chi connectivity index (χ0v) is 19.8. The second-order valence-electron chi connectivity index (χ2n) is 8.89. The van der Waals surface area contributed by atoms with E-state index in [0.717, 1.165) is 40.1 Å². The predicted molar refractivity (Wildman–Crippen MR) is 124 cm³/mol. The van der Waals surface area contributed by atoms with Crippen LogP contribution < -0.4 is 0 Å². The van der Waals surface area contributed by atoms with E-state index in [2.05, 4.69) is 50.6 Å². The number of hydroxylamine groups is 2. The molecular formula is C24H33N5O3. The minimum absolute atomic E-state index is 0.112. The highest BCUT2D eigenvalue weighted by molar-refractivity contribution is 5.81. The molecule has 0 aliphatic carbocycles. The Hall–Kier alpha value is -2.87. The number of carbonyl (C=O) groups is 1. The van der Waals surface area contributed by atoms with Crippen molar-refractivity contribution in [1.82, 2.24) is 24.5 Å². The van der Waals surface area contributed by atoms with Gasteiger partial charge >= 0.3 is 6.09 Å². The Labute approximate surface area is 189 Å². The third-order valence-corrected chi connectivity index (χ3v) is 6.34. The first-order chi connectivity index (χ1) is 15.3. The van der Waals surface area contributed by atoms with E-state index in [9.17, 15) is 4.79 Å². The lowest BCUT2D eigenvalue weighted by atomic mass is 9.98. The molecule has 8 nitrogen and oxygen atoms in total. The molecule has 1 saturated heterocycles. The van der Waals surface area contributed by atoms with Crippen LogP contribution in [0.2, 0.25) is 0 Å². The topological polar surface area (TPSA) is 72.7 Å². The van der Waals surface area contributed by atoms with Gasteiger partial charge in [0.25, 0.3) is 0 Å². The summed E-state index contributed by atoms with van der Waals surface area (Å²) in [6.45, 7) is 12.2. The van der Waals surface area contributed by atoms with Gasteiger partial charge in [0.05, 0.1) is 37.1 Å². The minimum atomic E-state index is -0.236. The first-order valence-electron chi connectivity index (χ1n) is 11.3. The number of hydrogen-bond acceptors (Lipinski definition) is 6. The van der Waals surface area contributed by atoms with Crippen molar-refractivity contribution in [1.29, 1.82) is 0 Å². The molecule has 2 atom stereocenters. The van der Waals surface area contributed by atoms with Crippen molar-refractivity contribution < 1.29 is 14.4 Å². The number of aryl methyl sites for hydroxylation is 2. The second-order valence-corrected chi connectivity index (χ2v) is 8.89. The number of hydrogen-bond donors (Lipinski definition) is 0. The monoisotopic (exact) mass is 439 g/mol. The molecule has 4 rings (SSSR count). The summed E-state index contributed by atoms with van der Waals surface area (Å²) in [6.07, 6.45) is 9.03. The molecule has 0 N–H and O–H groups in total. The van der Waals surface area contributed by atoms with Crippen LogP contribution in [0.15, 0.2) is 24.5 Å². The van der Waals surface area contributed by atoms with E-state index in [1.807, 2.05) is 18.2 Å². The number of fused-ring (bicyclic) bond motifs is 1. The Morgan fingerprint density at radius 1 is 1.28 bits per heavy atom. The van der Waals surface area contributed by atoms with Crippen LogP contribution in [0.1, 0.15) is 50.2 Å². The van der Waals surface area contributed by atoms with Crippen LogP contribution in [0.25, 0.3) is 16.7 Å². The Morgan fingerprint density at radius 2 is 2.06 bits per heavy atom. The average Bonchev–Trinajstić information content (AvgIpc) is 3.33. The molecule has 2 aromatic heterocycles. The van der Waals surface area contributed by atoms with Crippen molar-refractivity contribution in [2.75, 3.05) is 26.8 Å². The zero-order chi connectivity index (χ0) is 23.0. The molecule has 4 heterocycles. The zero-order valence-electron chi connectivity index (χ0n) is 19.8. The lowest BCUT2D eigenvalue weighted by Crippen LogP contribution is -2.34. The van der Waals surface area contributed by atoms with E-state index in [0.29, 0.717) is 25.6 Å². The van der Waals surface area contributed by atoms with Gasteiger partial charge in [-0.05, 0) is 31.7 Å². The Balaban J connectivity index is 1.70. The number of amides is 1. The molecule has 32 heavy (non-hydrogen) atoms. The third kappa shape index (κ3) is 3.99.